The highest BCUT2D eigenvalue weighted by atomic mass is 16.7. The first-order valence-electron chi connectivity index (χ1n) is 9.93. The van der Waals surface area contributed by atoms with E-state index < -0.39 is 17.5 Å². The molecule has 0 spiro atoms. The second-order valence-corrected chi connectivity index (χ2v) is 8.23. The van der Waals surface area contributed by atoms with Crippen LogP contribution in [0.1, 0.15) is 58.8 Å². The van der Waals surface area contributed by atoms with Crippen molar-refractivity contribution >= 4 is 11.8 Å². The van der Waals surface area contributed by atoms with Crippen LogP contribution in [-0.2, 0) is 28.5 Å². The van der Waals surface area contributed by atoms with Crippen molar-refractivity contribution in [2.45, 2.75) is 70.6 Å². The van der Waals surface area contributed by atoms with E-state index in [2.05, 4.69) is 0 Å². The van der Waals surface area contributed by atoms with Crippen molar-refractivity contribution in [2.24, 2.45) is 5.92 Å². The number of carbonyl (C=O) groups is 2. The van der Waals surface area contributed by atoms with Crippen molar-refractivity contribution < 1.29 is 28.5 Å². The van der Waals surface area contributed by atoms with Crippen LogP contribution < -0.4 is 0 Å². The van der Waals surface area contributed by atoms with Gasteiger partial charge in [-0.3, -0.25) is 9.59 Å². The van der Waals surface area contributed by atoms with Gasteiger partial charge in [0, 0.05) is 17.9 Å². The zero-order chi connectivity index (χ0) is 20.4. The lowest BCUT2D eigenvalue weighted by molar-refractivity contribution is -0.351. The summed E-state index contributed by atoms with van der Waals surface area (Å²) in [7, 11) is 0. The van der Waals surface area contributed by atoms with Gasteiger partial charge in [-0.15, -0.1) is 0 Å². The number of benzene rings is 1. The van der Waals surface area contributed by atoms with Crippen LogP contribution in [0.15, 0.2) is 30.3 Å². The summed E-state index contributed by atoms with van der Waals surface area (Å²) >= 11 is 0. The van der Waals surface area contributed by atoms with E-state index in [1.165, 1.54) is 0 Å². The number of fused-ring (bicyclic) bond motifs is 1. The van der Waals surface area contributed by atoms with Gasteiger partial charge in [0.2, 0.25) is 0 Å². The molecule has 2 saturated heterocycles. The number of Topliss-reactive ketones (excluding diaryl/α,β-unsaturated/α-hetero) is 1. The van der Waals surface area contributed by atoms with Gasteiger partial charge in [-0.25, -0.2) is 0 Å². The lowest BCUT2D eigenvalue weighted by Crippen LogP contribution is -2.63. The minimum absolute atomic E-state index is 0.0261. The van der Waals surface area contributed by atoms with Gasteiger partial charge in [0.05, 0.1) is 31.3 Å². The van der Waals surface area contributed by atoms with Crippen molar-refractivity contribution in [3.8, 4) is 0 Å². The zero-order valence-electron chi connectivity index (χ0n) is 17.1. The van der Waals surface area contributed by atoms with Crippen LogP contribution in [0.25, 0.3) is 0 Å². The van der Waals surface area contributed by atoms with Gasteiger partial charge >= 0.3 is 5.97 Å². The summed E-state index contributed by atoms with van der Waals surface area (Å²) in [6.45, 7) is 7.88. The molecule has 5 atom stereocenters. The highest BCUT2D eigenvalue weighted by Crippen LogP contribution is 2.48. The molecule has 0 saturated carbocycles. The van der Waals surface area contributed by atoms with Crippen LogP contribution in [-0.4, -0.2) is 42.3 Å². The summed E-state index contributed by atoms with van der Waals surface area (Å²) in [4.78, 5) is 24.1. The molecule has 0 aromatic heterocycles. The van der Waals surface area contributed by atoms with Crippen LogP contribution in [0, 0.1) is 5.92 Å². The molecule has 1 aromatic rings. The van der Waals surface area contributed by atoms with Gasteiger partial charge < -0.3 is 18.9 Å². The van der Waals surface area contributed by atoms with E-state index in [9.17, 15) is 9.59 Å². The number of hydrogen-bond donors (Lipinski definition) is 0. The Morgan fingerprint density at radius 3 is 2.57 bits per heavy atom. The monoisotopic (exact) mass is 390 g/mol. The smallest absolute Gasteiger partial charge is 0.306 e. The third-order valence-electron chi connectivity index (χ3n) is 5.71. The van der Waals surface area contributed by atoms with Crippen molar-refractivity contribution in [3.05, 3.63) is 35.9 Å². The van der Waals surface area contributed by atoms with Gasteiger partial charge in [-0.2, -0.15) is 0 Å². The Morgan fingerprint density at radius 2 is 1.93 bits per heavy atom. The number of carbonyl (C=O) groups excluding carboxylic acids is 2. The molecule has 154 valence electrons. The standard InChI is InChI=1S/C22H30O6/c1-5-25-19(24)12-17-11-18-22(4,28-21(17,3)13-15(2)23)14-26-20(27-18)16-9-7-6-8-10-16/h6-10,17-18,20H,5,11-14H2,1-4H3/t17-,18-,20+,21-,22+/m0/s1. The summed E-state index contributed by atoms with van der Waals surface area (Å²) in [5.41, 5.74) is -0.500. The molecule has 0 unspecified atom stereocenters. The number of rotatable bonds is 6. The maximum atomic E-state index is 12.2. The first kappa shape index (κ1) is 21.0. The van der Waals surface area contributed by atoms with Crippen molar-refractivity contribution in [2.75, 3.05) is 13.2 Å². The third-order valence-corrected chi connectivity index (χ3v) is 5.71. The molecule has 2 aliphatic rings. The highest BCUT2D eigenvalue weighted by molar-refractivity contribution is 5.77. The molecule has 2 fully saturated rings. The Labute approximate surface area is 166 Å². The van der Waals surface area contributed by atoms with E-state index in [1.54, 1.807) is 13.8 Å². The number of ketones is 1. The lowest BCUT2D eigenvalue weighted by atomic mass is 9.72. The van der Waals surface area contributed by atoms with Crippen molar-refractivity contribution in [1.82, 2.24) is 0 Å². The third kappa shape index (κ3) is 4.45. The molecule has 2 aliphatic heterocycles. The Hall–Kier alpha value is -1.76. The summed E-state index contributed by atoms with van der Waals surface area (Å²) in [5, 5.41) is 0. The molecule has 3 rings (SSSR count). The fourth-order valence-electron chi connectivity index (χ4n) is 4.37. The zero-order valence-corrected chi connectivity index (χ0v) is 17.1. The molecule has 6 nitrogen and oxygen atoms in total. The maximum Gasteiger partial charge on any atom is 0.306 e. The Morgan fingerprint density at radius 1 is 1.21 bits per heavy atom. The SMILES string of the molecule is CCOC(=O)C[C@@H]1C[C@@H]2O[C@H](c3ccccc3)OC[C@@]2(C)O[C@@]1(C)CC(C)=O. The first-order chi connectivity index (χ1) is 13.3. The predicted octanol–water partition coefficient (Wildman–Crippen LogP) is 3.59. The van der Waals surface area contributed by atoms with Crippen LogP contribution in [0.5, 0.6) is 0 Å². The Bertz CT molecular complexity index is 704. The Balaban J connectivity index is 1.82. The van der Waals surface area contributed by atoms with Crippen LogP contribution in [0.4, 0.5) is 0 Å². The molecule has 0 amide bonds. The van der Waals surface area contributed by atoms with E-state index >= 15 is 0 Å². The fraction of sp³-hybridized carbons (Fsp3) is 0.636. The molecule has 0 bridgehead atoms. The minimum Gasteiger partial charge on any atom is -0.466 e. The quantitative estimate of drug-likeness (QED) is 0.692. The second kappa shape index (κ2) is 8.31. The molecular formula is C22H30O6. The van der Waals surface area contributed by atoms with Crippen LogP contribution in [0.2, 0.25) is 0 Å². The predicted molar refractivity (Wildman–Crippen MR) is 103 cm³/mol. The maximum absolute atomic E-state index is 12.2. The average molecular weight is 390 g/mol. The topological polar surface area (TPSA) is 71.1 Å². The summed E-state index contributed by atoms with van der Waals surface area (Å²) in [6, 6.07) is 9.77. The van der Waals surface area contributed by atoms with Crippen LogP contribution >= 0.6 is 0 Å². The van der Waals surface area contributed by atoms with Crippen molar-refractivity contribution in [1.29, 1.82) is 0 Å². The number of esters is 1. The van der Waals surface area contributed by atoms with Gasteiger partial charge in [0.1, 0.15) is 11.4 Å². The van der Waals surface area contributed by atoms with E-state index in [4.69, 9.17) is 18.9 Å². The molecular weight excluding hydrogens is 360 g/mol. The average Bonchev–Trinajstić information content (AvgIpc) is 2.62. The molecule has 0 N–H and O–H groups in total. The van der Waals surface area contributed by atoms with Crippen LogP contribution in [0.3, 0.4) is 0 Å². The second-order valence-electron chi connectivity index (χ2n) is 8.23. The van der Waals surface area contributed by atoms with Gasteiger partial charge in [0.25, 0.3) is 0 Å². The van der Waals surface area contributed by atoms with E-state index in [-0.39, 0.29) is 36.6 Å². The molecule has 28 heavy (non-hydrogen) atoms. The summed E-state index contributed by atoms with van der Waals surface area (Å²) in [6.07, 6.45) is 0.326. The highest BCUT2D eigenvalue weighted by Gasteiger charge is 2.55. The lowest BCUT2D eigenvalue weighted by Gasteiger charge is -2.55. The van der Waals surface area contributed by atoms with Crippen molar-refractivity contribution in [3.63, 3.8) is 0 Å². The minimum atomic E-state index is -0.768. The van der Waals surface area contributed by atoms with E-state index in [1.807, 2.05) is 44.2 Å². The number of ether oxygens (including phenoxy) is 4. The largest absolute Gasteiger partial charge is 0.466 e. The first-order valence-corrected chi connectivity index (χ1v) is 9.93. The normalized spacial score (nSPS) is 35.1. The Kier molecular flexibility index (Phi) is 6.22. The van der Waals surface area contributed by atoms with Gasteiger partial charge in [-0.1, -0.05) is 30.3 Å². The van der Waals surface area contributed by atoms with E-state index in [0.717, 1.165) is 5.56 Å². The molecule has 0 aliphatic carbocycles. The molecule has 2 heterocycles. The van der Waals surface area contributed by atoms with Gasteiger partial charge in [0.15, 0.2) is 6.29 Å². The number of hydrogen-bond acceptors (Lipinski definition) is 6. The molecule has 1 aromatic carbocycles. The molecule has 0 radical (unpaired) electrons. The molecule has 6 heteroatoms. The van der Waals surface area contributed by atoms with Gasteiger partial charge in [-0.05, 0) is 34.1 Å². The fourth-order valence-corrected chi connectivity index (χ4v) is 4.37. The van der Waals surface area contributed by atoms with E-state index in [0.29, 0.717) is 19.6 Å². The summed E-state index contributed by atoms with van der Waals surface area (Å²) < 4.78 is 23.9. The summed E-state index contributed by atoms with van der Waals surface area (Å²) in [5.74, 6) is -0.428.